The summed E-state index contributed by atoms with van der Waals surface area (Å²) in [6.07, 6.45) is 1.33. The highest BCUT2D eigenvalue weighted by Gasteiger charge is 2.08. The van der Waals surface area contributed by atoms with Gasteiger partial charge in [0.1, 0.15) is 18.1 Å². The third-order valence-electron chi connectivity index (χ3n) is 2.09. The Balaban J connectivity index is 1.98. The molecule has 1 N–H and O–H groups in total. The van der Waals surface area contributed by atoms with Crippen molar-refractivity contribution in [2.75, 3.05) is 11.9 Å². The summed E-state index contributed by atoms with van der Waals surface area (Å²) in [5, 5.41) is 14.5. The van der Waals surface area contributed by atoms with Gasteiger partial charge in [0, 0.05) is 11.8 Å². The molecule has 2 rings (SSSR count). The van der Waals surface area contributed by atoms with E-state index in [1.54, 1.807) is 24.3 Å². The Bertz CT molecular complexity index is 555. The average molecular weight is 243 g/mol. The van der Waals surface area contributed by atoms with Crippen molar-refractivity contribution >= 4 is 11.6 Å². The van der Waals surface area contributed by atoms with Crippen LogP contribution in [0.3, 0.4) is 0 Å². The summed E-state index contributed by atoms with van der Waals surface area (Å²) in [7, 11) is 0. The minimum atomic E-state index is -0.352. The van der Waals surface area contributed by atoms with Gasteiger partial charge in [0.05, 0.1) is 0 Å². The summed E-state index contributed by atoms with van der Waals surface area (Å²) in [4.78, 5) is 11.6. The first-order chi connectivity index (χ1) is 8.79. The summed E-state index contributed by atoms with van der Waals surface area (Å²) in [5.74, 6) is 0.213. The van der Waals surface area contributed by atoms with Crippen LogP contribution in [0.5, 0.6) is 5.75 Å². The molecule has 0 saturated carbocycles. The van der Waals surface area contributed by atoms with Crippen LogP contribution in [0.25, 0.3) is 0 Å². The largest absolute Gasteiger partial charge is 0.479 e. The van der Waals surface area contributed by atoms with Crippen molar-refractivity contribution in [1.29, 1.82) is 5.26 Å². The van der Waals surface area contributed by atoms with Crippen molar-refractivity contribution in [3.05, 3.63) is 42.3 Å². The molecule has 0 saturated heterocycles. The van der Waals surface area contributed by atoms with Gasteiger partial charge in [-0.05, 0) is 24.3 Å². The van der Waals surface area contributed by atoms with Gasteiger partial charge >= 0.3 is 0 Å². The number of benzene rings is 1. The molecule has 0 bridgehead atoms. The fourth-order valence-corrected chi connectivity index (χ4v) is 1.27. The quantitative estimate of drug-likeness (QED) is 0.884. The van der Waals surface area contributed by atoms with Crippen molar-refractivity contribution in [2.24, 2.45) is 0 Å². The van der Waals surface area contributed by atoms with E-state index in [0.29, 0.717) is 11.4 Å². The van der Waals surface area contributed by atoms with Gasteiger partial charge in [-0.15, -0.1) is 0 Å². The molecule has 90 valence electrons. The zero-order chi connectivity index (χ0) is 12.8. The van der Waals surface area contributed by atoms with E-state index in [4.69, 9.17) is 10.00 Å². The molecule has 0 aliphatic heterocycles. The van der Waals surface area contributed by atoms with E-state index >= 15 is 0 Å². The molecule has 0 aliphatic rings. The van der Waals surface area contributed by atoms with Crippen LogP contribution in [-0.2, 0) is 0 Å². The van der Waals surface area contributed by atoms with Gasteiger partial charge in [-0.3, -0.25) is 4.79 Å². The SMILES string of the molecule is N#CCOc1ccc(NC(=O)c2ccon2)cc1. The van der Waals surface area contributed by atoms with Gasteiger partial charge < -0.3 is 14.6 Å². The zero-order valence-electron chi connectivity index (χ0n) is 9.29. The minimum absolute atomic E-state index is 0.00928. The third-order valence-corrected chi connectivity index (χ3v) is 2.09. The Labute approximate surface area is 103 Å². The van der Waals surface area contributed by atoms with E-state index in [9.17, 15) is 4.79 Å². The summed E-state index contributed by atoms with van der Waals surface area (Å²) in [6, 6.07) is 10.0. The molecule has 0 atom stereocenters. The Morgan fingerprint density at radius 1 is 1.39 bits per heavy atom. The van der Waals surface area contributed by atoms with E-state index in [0.717, 1.165) is 0 Å². The number of nitrogens with one attached hydrogen (secondary N) is 1. The number of anilines is 1. The molecule has 1 amide bonds. The normalized spacial score (nSPS) is 9.50. The standard InChI is InChI=1S/C12H9N3O3/c13-6-8-17-10-3-1-9(2-4-10)14-12(16)11-5-7-18-15-11/h1-5,7H,8H2,(H,14,16). The molecule has 6 nitrogen and oxygen atoms in total. The number of nitriles is 1. The molecular formula is C12H9N3O3. The van der Waals surface area contributed by atoms with E-state index < -0.39 is 0 Å². The lowest BCUT2D eigenvalue weighted by Gasteiger charge is -2.04. The van der Waals surface area contributed by atoms with Gasteiger partial charge in [-0.2, -0.15) is 5.26 Å². The first-order valence-corrected chi connectivity index (χ1v) is 5.11. The molecule has 0 aliphatic carbocycles. The monoisotopic (exact) mass is 243 g/mol. The van der Waals surface area contributed by atoms with E-state index in [1.165, 1.54) is 12.3 Å². The molecule has 18 heavy (non-hydrogen) atoms. The molecule has 1 heterocycles. The number of carbonyl (C=O) groups is 1. The van der Waals surface area contributed by atoms with Gasteiger partial charge in [-0.25, -0.2) is 0 Å². The minimum Gasteiger partial charge on any atom is -0.479 e. The van der Waals surface area contributed by atoms with Crippen LogP contribution in [0.1, 0.15) is 10.5 Å². The van der Waals surface area contributed by atoms with Crippen LogP contribution < -0.4 is 10.1 Å². The molecule has 1 aromatic heterocycles. The molecule has 0 unspecified atom stereocenters. The Hall–Kier alpha value is -2.81. The van der Waals surface area contributed by atoms with E-state index in [2.05, 4.69) is 15.0 Å². The molecular weight excluding hydrogens is 234 g/mol. The smallest absolute Gasteiger partial charge is 0.277 e. The second-order valence-electron chi connectivity index (χ2n) is 3.31. The Kier molecular flexibility index (Phi) is 3.56. The van der Waals surface area contributed by atoms with Crippen LogP contribution in [0.15, 0.2) is 41.1 Å². The van der Waals surface area contributed by atoms with Crippen molar-refractivity contribution < 1.29 is 14.1 Å². The lowest BCUT2D eigenvalue weighted by Crippen LogP contribution is -2.11. The highest BCUT2D eigenvalue weighted by atomic mass is 16.5. The van der Waals surface area contributed by atoms with Crippen LogP contribution in [0.4, 0.5) is 5.69 Å². The molecule has 0 spiro atoms. The van der Waals surface area contributed by atoms with Crippen molar-refractivity contribution in [2.45, 2.75) is 0 Å². The maximum Gasteiger partial charge on any atom is 0.277 e. The van der Waals surface area contributed by atoms with Crippen molar-refractivity contribution in [3.8, 4) is 11.8 Å². The second kappa shape index (κ2) is 5.50. The third kappa shape index (κ3) is 2.86. The van der Waals surface area contributed by atoms with Crippen LogP contribution >= 0.6 is 0 Å². The number of amides is 1. The van der Waals surface area contributed by atoms with Crippen molar-refractivity contribution in [1.82, 2.24) is 5.16 Å². The van der Waals surface area contributed by atoms with Crippen LogP contribution in [-0.4, -0.2) is 17.7 Å². The van der Waals surface area contributed by atoms with Gasteiger partial charge in [-0.1, -0.05) is 5.16 Å². The van der Waals surface area contributed by atoms with Gasteiger partial charge in [0.2, 0.25) is 0 Å². The van der Waals surface area contributed by atoms with E-state index in [-0.39, 0.29) is 18.2 Å². The van der Waals surface area contributed by atoms with Gasteiger partial charge in [0.15, 0.2) is 12.3 Å². The molecule has 0 fully saturated rings. The first-order valence-electron chi connectivity index (χ1n) is 5.11. The summed E-state index contributed by atoms with van der Waals surface area (Å²) >= 11 is 0. The van der Waals surface area contributed by atoms with Crippen LogP contribution in [0, 0.1) is 11.3 Å². The maximum absolute atomic E-state index is 11.6. The number of carbonyl (C=O) groups excluding carboxylic acids is 1. The Morgan fingerprint density at radius 2 is 2.17 bits per heavy atom. The van der Waals surface area contributed by atoms with Crippen molar-refractivity contribution in [3.63, 3.8) is 0 Å². The lowest BCUT2D eigenvalue weighted by molar-refractivity contribution is 0.101. The summed E-state index contributed by atoms with van der Waals surface area (Å²) in [5.41, 5.74) is 0.812. The number of hydrogen-bond acceptors (Lipinski definition) is 5. The fraction of sp³-hybridized carbons (Fsp3) is 0.0833. The number of aromatic nitrogens is 1. The molecule has 0 radical (unpaired) electrons. The van der Waals surface area contributed by atoms with E-state index in [1.807, 2.05) is 6.07 Å². The topological polar surface area (TPSA) is 88.1 Å². The highest BCUT2D eigenvalue weighted by molar-refractivity contribution is 6.02. The molecule has 6 heteroatoms. The lowest BCUT2D eigenvalue weighted by atomic mass is 10.3. The number of ether oxygens (including phenoxy) is 1. The summed E-state index contributed by atoms with van der Waals surface area (Å²) in [6.45, 7) is -0.00928. The second-order valence-corrected chi connectivity index (χ2v) is 3.31. The molecule has 2 aromatic rings. The van der Waals surface area contributed by atoms with Gasteiger partial charge in [0.25, 0.3) is 5.91 Å². The predicted octanol–water partition coefficient (Wildman–Crippen LogP) is 1.83. The zero-order valence-corrected chi connectivity index (χ0v) is 9.29. The predicted molar refractivity (Wildman–Crippen MR) is 62.0 cm³/mol. The highest BCUT2D eigenvalue weighted by Crippen LogP contribution is 2.16. The summed E-state index contributed by atoms with van der Waals surface area (Å²) < 4.78 is 9.66. The first kappa shape index (κ1) is 11.7. The average Bonchev–Trinajstić information content (AvgIpc) is 2.92. The van der Waals surface area contributed by atoms with Crippen LogP contribution in [0.2, 0.25) is 0 Å². The number of nitrogens with zero attached hydrogens (tertiary/aromatic N) is 2. The number of rotatable bonds is 4. The number of hydrogen-bond donors (Lipinski definition) is 1. The Morgan fingerprint density at radius 3 is 2.78 bits per heavy atom. The maximum atomic E-state index is 11.6. The molecule has 1 aromatic carbocycles. The fourth-order valence-electron chi connectivity index (χ4n) is 1.27.